The zero-order valence-electron chi connectivity index (χ0n) is 12.2. The standard InChI is InChI=1S/C15H15N3O5/c19-14(16-10-13-5-2-8-23-13)6-7-15(20)17-11-3-1-4-12(9-11)18(21)22/h1-5,8-9H,6-7,10H2,(H,16,19)(H,17,20). The predicted molar refractivity (Wildman–Crippen MR) is 81.5 cm³/mol. The van der Waals surface area contributed by atoms with Crippen molar-refractivity contribution < 1.29 is 18.9 Å². The molecule has 23 heavy (non-hydrogen) atoms. The van der Waals surface area contributed by atoms with Crippen LogP contribution in [0.3, 0.4) is 0 Å². The summed E-state index contributed by atoms with van der Waals surface area (Å²) in [5.74, 6) is -0.0476. The summed E-state index contributed by atoms with van der Waals surface area (Å²) in [6, 6.07) is 9.06. The van der Waals surface area contributed by atoms with Crippen molar-refractivity contribution in [1.29, 1.82) is 0 Å². The molecule has 0 spiro atoms. The number of nitro groups is 1. The first-order valence-corrected chi connectivity index (χ1v) is 6.88. The number of carbonyl (C=O) groups is 2. The van der Waals surface area contributed by atoms with E-state index in [0.29, 0.717) is 11.4 Å². The Bertz CT molecular complexity index is 697. The Morgan fingerprint density at radius 3 is 2.61 bits per heavy atom. The topological polar surface area (TPSA) is 114 Å². The molecule has 0 aliphatic carbocycles. The van der Waals surface area contributed by atoms with Crippen LogP contribution >= 0.6 is 0 Å². The number of anilines is 1. The van der Waals surface area contributed by atoms with E-state index in [1.807, 2.05) is 0 Å². The Morgan fingerprint density at radius 2 is 1.91 bits per heavy atom. The van der Waals surface area contributed by atoms with E-state index in [2.05, 4.69) is 10.6 Å². The molecule has 0 aliphatic heterocycles. The van der Waals surface area contributed by atoms with Crippen molar-refractivity contribution in [2.24, 2.45) is 0 Å². The molecule has 1 aromatic heterocycles. The van der Waals surface area contributed by atoms with Gasteiger partial charge in [0.05, 0.1) is 17.7 Å². The predicted octanol–water partition coefficient (Wildman–Crippen LogP) is 2.22. The van der Waals surface area contributed by atoms with E-state index < -0.39 is 10.8 Å². The first-order valence-electron chi connectivity index (χ1n) is 6.88. The first kappa shape index (κ1) is 16.2. The van der Waals surface area contributed by atoms with Crippen LogP contribution < -0.4 is 10.6 Å². The number of nitrogens with zero attached hydrogens (tertiary/aromatic N) is 1. The van der Waals surface area contributed by atoms with E-state index in [9.17, 15) is 19.7 Å². The zero-order chi connectivity index (χ0) is 16.7. The smallest absolute Gasteiger partial charge is 0.271 e. The Labute approximate surface area is 131 Å². The van der Waals surface area contributed by atoms with E-state index >= 15 is 0 Å². The van der Waals surface area contributed by atoms with E-state index in [1.165, 1.54) is 24.5 Å². The van der Waals surface area contributed by atoms with Crippen molar-refractivity contribution >= 4 is 23.2 Å². The number of hydrogen-bond acceptors (Lipinski definition) is 5. The quantitative estimate of drug-likeness (QED) is 0.600. The van der Waals surface area contributed by atoms with Crippen LogP contribution in [0.25, 0.3) is 0 Å². The number of nitrogens with one attached hydrogen (secondary N) is 2. The van der Waals surface area contributed by atoms with Crippen LogP contribution in [-0.2, 0) is 16.1 Å². The van der Waals surface area contributed by atoms with Gasteiger partial charge in [0, 0.05) is 30.7 Å². The van der Waals surface area contributed by atoms with Crippen LogP contribution in [0.1, 0.15) is 18.6 Å². The highest BCUT2D eigenvalue weighted by Gasteiger charge is 2.10. The second-order valence-electron chi connectivity index (χ2n) is 4.71. The number of carbonyl (C=O) groups excluding carboxylic acids is 2. The average molecular weight is 317 g/mol. The lowest BCUT2D eigenvalue weighted by molar-refractivity contribution is -0.384. The second-order valence-corrected chi connectivity index (χ2v) is 4.71. The molecule has 0 unspecified atom stereocenters. The molecule has 2 N–H and O–H groups in total. The SMILES string of the molecule is O=C(CCC(=O)Nc1cccc([N+](=O)[O-])c1)NCc1ccco1. The minimum Gasteiger partial charge on any atom is -0.467 e. The first-order chi connectivity index (χ1) is 11.0. The van der Waals surface area contributed by atoms with Gasteiger partial charge in [0.25, 0.3) is 5.69 Å². The van der Waals surface area contributed by atoms with Gasteiger partial charge < -0.3 is 15.1 Å². The number of furan rings is 1. The Kier molecular flexibility index (Phi) is 5.45. The molecule has 120 valence electrons. The van der Waals surface area contributed by atoms with Crippen molar-refractivity contribution in [2.45, 2.75) is 19.4 Å². The highest BCUT2D eigenvalue weighted by molar-refractivity contribution is 5.93. The maximum atomic E-state index is 11.8. The van der Waals surface area contributed by atoms with Gasteiger partial charge >= 0.3 is 0 Å². The molecule has 1 heterocycles. The molecule has 2 aromatic rings. The van der Waals surface area contributed by atoms with E-state index in [1.54, 1.807) is 18.2 Å². The molecule has 0 fully saturated rings. The molecule has 0 aliphatic rings. The van der Waals surface area contributed by atoms with E-state index in [0.717, 1.165) is 0 Å². The number of rotatable bonds is 7. The molecular formula is C15H15N3O5. The number of amides is 2. The van der Waals surface area contributed by atoms with Crippen LogP contribution in [0.15, 0.2) is 47.1 Å². The molecule has 0 bridgehead atoms. The third kappa shape index (κ3) is 5.27. The summed E-state index contributed by atoms with van der Waals surface area (Å²) in [5.41, 5.74) is 0.208. The fraction of sp³-hybridized carbons (Fsp3) is 0.200. The van der Waals surface area contributed by atoms with Gasteiger partial charge in [-0.3, -0.25) is 19.7 Å². The van der Waals surface area contributed by atoms with Crippen LogP contribution in [0.5, 0.6) is 0 Å². The Morgan fingerprint density at radius 1 is 1.13 bits per heavy atom. The van der Waals surface area contributed by atoms with Crippen LogP contribution in [0.2, 0.25) is 0 Å². The van der Waals surface area contributed by atoms with Gasteiger partial charge in [0.2, 0.25) is 11.8 Å². The number of non-ortho nitro benzene ring substituents is 1. The molecule has 8 heteroatoms. The fourth-order valence-corrected chi connectivity index (χ4v) is 1.84. The maximum Gasteiger partial charge on any atom is 0.271 e. The van der Waals surface area contributed by atoms with Crippen LogP contribution in [0.4, 0.5) is 11.4 Å². The number of nitro benzene ring substituents is 1. The van der Waals surface area contributed by atoms with Gasteiger partial charge in [0.1, 0.15) is 5.76 Å². The van der Waals surface area contributed by atoms with Gasteiger partial charge in [-0.05, 0) is 18.2 Å². The van der Waals surface area contributed by atoms with Crippen molar-refractivity contribution in [1.82, 2.24) is 5.32 Å². The number of benzene rings is 1. The third-order valence-corrected chi connectivity index (χ3v) is 2.96. The summed E-state index contributed by atoms with van der Waals surface area (Å²) in [7, 11) is 0. The Hall–Kier alpha value is -3.16. The van der Waals surface area contributed by atoms with E-state index in [4.69, 9.17) is 4.42 Å². The summed E-state index contributed by atoms with van der Waals surface area (Å²) < 4.78 is 5.07. The highest BCUT2D eigenvalue weighted by Crippen LogP contribution is 2.17. The zero-order valence-corrected chi connectivity index (χ0v) is 12.2. The largest absolute Gasteiger partial charge is 0.467 e. The highest BCUT2D eigenvalue weighted by atomic mass is 16.6. The monoisotopic (exact) mass is 317 g/mol. The summed E-state index contributed by atoms with van der Waals surface area (Å²) in [4.78, 5) is 33.5. The molecule has 0 saturated heterocycles. The second kappa shape index (κ2) is 7.74. The molecule has 8 nitrogen and oxygen atoms in total. The molecular weight excluding hydrogens is 302 g/mol. The van der Waals surface area contributed by atoms with E-state index in [-0.39, 0.29) is 31.0 Å². The minimum atomic E-state index is -0.544. The summed E-state index contributed by atoms with van der Waals surface area (Å²) in [6.07, 6.45) is 1.50. The molecule has 0 atom stereocenters. The molecule has 2 amide bonds. The van der Waals surface area contributed by atoms with Crippen molar-refractivity contribution in [3.05, 3.63) is 58.5 Å². The van der Waals surface area contributed by atoms with Gasteiger partial charge in [-0.2, -0.15) is 0 Å². The fourth-order valence-electron chi connectivity index (χ4n) is 1.84. The van der Waals surface area contributed by atoms with Gasteiger partial charge in [-0.1, -0.05) is 6.07 Å². The normalized spacial score (nSPS) is 10.1. The molecule has 1 aromatic carbocycles. The van der Waals surface area contributed by atoms with Crippen molar-refractivity contribution in [2.75, 3.05) is 5.32 Å². The van der Waals surface area contributed by atoms with Gasteiger partial charge in [-0.15, -0.1) is 0 Å². The van der Waals surface area contributed by atoms with Crippen molar-refractivity contribution in [3.8, 4) is 0 Å². The molecule has 2 rings (SSSR count). The average Bonchev–Trinajstić information content (AvgIpc) is 3.04. The lowest BCUT2D eigenvalue weighted by Gasteiger charge is -2.05. The lowest BCUT2D eigenvalue weighted by Crippen LogP contribution is -2.24. The van der Waals surface area contributed by atoms with Gasteiger partial charge in [0.15, 0.2) is 0 Å². The minimum absolute atomic E-state index is 0.0153. The number of hydrogen-bond donors (Lipinski definition) is 2. The summed E-state index contributed by atoms with van der Waals surface area (Å²) in [5, 5.41) is 15.8. The lowest BCUT2D eigenvalue weighted by atomic mass is 10.2. The van der Waals surface area contributed by atoms with Crippen LogP contribution in [-0.4, -0.2) is 16.7 Å². The van der Waals surface area contributed by atoms with Crippen LogP contribution in [0, 0.1) is 10.1 Å². The van der Waals surface area contributed by atoms with Crippen molar-refractivity contribution in [3.63, 3.8) is 0 Å². The summed E-state index contributed by atoms with van der Waals surface area (Å²) in [6.45, 7) is 0.262. The summed E-state index contributed by atoms with van der Waals surface area (Å²) >= 11 is 0. The Balaban J connectivity index is 1.75. The maximum absolute atomic E-state index is 11.8. The molecule has 0 saturated carbocycles. The van der Waals surface area contributed by atoms with Gasteiger partial charge in [-0.25, -0.2) is 0 Å². The third-order valence-electron chi connectivity index (χ3n) is 2.96. The molecule has 0 radical (unpaired) electrons.